The second-order valence-electron chi connectivity index (χ2n) is 6.38. The van der Waals surface area contributed by atoms with Crippen molar-refractivity contribution in [2.45, 2.75) is 26.2 Å². The minimum absolute atomic E-state index is 0. The number of ether oxygens (including phenoxy) is 1. The lowest BCUT2D eigenvalue weighted by atomic mass is 10.1. The Balaban J connectivity index is 0.00000220. The van der Waals surface area contributed by atoms with E-state index in [1.807, 2.05) is 24.0 Å². The molecule has 1 fully saturated rings. The van der Waals surface area contributed by atoms with E-state index < -0.39 is 0 Å². The summed E-state index contributed by atoms with van der Waals surface area (Å²) in [5.74, 6) is 0.672. The molecule has 1 aromatic carbocycles. The highest BCUT2D eigenvalue weighted by Gasteiger charge is 2.21. The van der Waals surface area contributed by atoms with Gasteiger partial charge in [0.2, 0.25) is 0 Å². The van der Waals surface area contributed by atoms with Crippen LogP contribution in [-0.2, 0) is 0 Å². The maximum Gasteiger partial charge on any atom is 0.415 e. The highest BCUT2D eigenvalue weighted by molar-refractivity contribution is 5.72. The molecule has 1 saturated heterocycles. The van der Waals surface area contributed by atoms with Gasteiger partial charge in [0.1, 0.15) is 11.4 Å². The first-order valence-electron chi connectivity index (χ1n) is 7.27. The van der Waals surface area contributed by atoms with Crippen molar-refractivity contribution in [3.05, 3.63) is 23.8 Å². The predicted octanol–water partition coefficient (Wildman–Crippen LogP) is 0.180. The third-order valence-corrected chi connectivity index (χ3v) is 3.76. The van der Waals surface area contributed by atoms with E-state index in [0.717, 1.165) is 37.2 Å². The van der Waals surface area contributed by atoms with Gasteiger partial charge in [-0.2, -0.15) is 0 Å². The lowest BCUT2D eigenvalue weighted by Crippen LogP contribution is -3.00. The molecule has 0 atom stereocenters. The number of hydrogen-bond donors (Lipinski definition) is 0. The van der Waals surface area contributed by atoms with Crippen LogP contribution < -0.4 is 33.2 Å². The standard InChI is InChI=1S/C16H25N2O2.HI/c1-13-8-9-14(18(2,3)4)12-15(13)20-16(19)17-10-6-5-7-11-17;/h8-9,12H,5-7,10-11H2,1-4H3;1H/q+1;/p-1. The van der Waals surface area contributed by atoms with Gasteiger partial charge < -0.3 is 33.6 Å². The minimum Gasteiger partial charge on any atom is -1.00 e. The van der Waals surface area contributed by atoms with Gasteiger partial charge in [0.15, 0.2) is 0 Å². The van der Waals surface area contributed by atoms with E-state index in [4.69, 9.17) is 4.74 Å². The van der Waals surface area contributed by atoms with E-state index in [2.05, 4.69) is 27.2 Å². The number of piperidine rings is 1. The molecule has 0 bridgehead atoms. The topological polar surface area (TPSA) is 29.5 Å². The number of halogens is 1. The number of quaternary nitrogens is 1. The van der Waals surface area contributed by atoms with Gasteiger partial charge in [0.25, 0.3) is 0 Å². The molecule has 21 heavy (non-hydrogen) atoms. The van der Waals surface area contributed by atoms with Crippen molar-refractivity contribution >= 4 is 11.8 Å². The summed E-state index contributed by atoms with van der Waals surface area (Å²) >= 11 is 0. The lowest BCUT2D eigenvalue weighted by molar-refractivity contribution is -0.0000103. The van der Waals surface area contributed by atoms with Gasteiger partial charge in [0.05, 0.1) is 21.1 Å². The summed E-state index contributed by atoms with van der Waals surface area (Å²) in [5, 5.41) is 0. The third-order valence-electron chi connectivity index (χ3n) is 3.76. The molecule has 5 heteroatoms. The van der Waals surface area contributed by atoms with Gasteiger partial charge in [-0.15, -0.1) is 0 Å². The molecule has 0 aromatic heterocycles. The summed E-state index contributed by atoms with van der Waals surface area (Å²) in [6.45, 7) is 3.60. The molecule has 0 radical (unpaired) electrons. The number of nitrogens with zero attached hydrogens (tertiary/aromatic N) is 2. The van der Waals surface area contributed by atoms with Crippen molar-refractivity contribution in [2.75, 3.05) is 34.2 Å². The summed E-state index contributed by atoms with van der Waals surface area (Å²) in [6, 6.07) is 6.06. The van der Waals surface area contributed by atoms with Crippen LogP contribution in [0.3, 0.4) is 0 Å². The maximum atomic E-state index is 12.2. The Kier molecular flexibility index (Phi) is 6.46. The Morgan fingerprint density at radius 1 is 1.14 bits per heavy atom. The van der Waals surface area contributed by atoms with Crippen LogP contribution in [0.2, 0.25) is 0 Å². The number of rotatable bonds is 2. The van der Waals surface area contributed by atoms with E-state index >= 15 is 0 Å². The first-order valence-corrected chi connectivity index (χ1v) is 7.27. The van der Waals surface area contributed by atoms with Crippen LogP contribution in [-0.4, -0.2) is 45.2 Å². The zero-order valence-electron chi connectivity index (χ0n) is 13.4. The molecule has 1 heterocycles. The fourth-order valence-electron chi connectivity index (χ4n) is 2.35. The molecule has 0 N–H and O–H groups in total. The Labute approximate surface area is 144 Å². The Hall–Kier alpha value is -0.820. The number of benzene rings is 1. The molecule has 0 unspecified atom stereocenters. The molecule has 1 aliphatic heterocycles. The van der Waals surface area contributed by atoms with Crippen LogP contribution in [0.25, 0.3) is 0 Å². The Morgan fingerprint density at radius 3 is 2.33 bits per heavy atom. The molecular weight excluding hydrogens is 379 g/mol. The SMILES string of the molecule is Cc1ccc([N+](C)(C)C)cc1OC(=O)N1CCCCC1.[I-]. The summed E-state index contributed by atoms with van der Waals surface area (Å²) in [7, 11) is 6.29. The summed E-state index contributed by atoms with van der Waals surface area (Å²) < 4.78 is 6.30. The van der Waals surface area contributed by atoms with Crippen molar-refractivity contribution in [1.82, 2.24) is 9.38 Å². The summed E-state index contributed by atoms with van der Waals surface area (Å²) in [4.78, 5) is 14.0. The molecule has 1 amide bonds. The molecule has 4 nitrogen and oxygen atoms in total. The minimum atomic E-state index is -0.216. The summed E-state index contributed by atoms with van der Waals surface area (Å²) in [5.41, 5.74) is 2.12. The van der Waals surface area contributed by atoms with E-state index in [9.17, 15) is 4.79 Å². The molecular formula is C16H25IN2O2. The smallest absolute Gasteiger partial charge is 0.415 e. The number of hydrogen-bond acceptors (Lipinski definition) is 2. The number of carbonyl (C=O) groups is 1. The number of aryl methyl sites for hydroxylation is 1. The van der Waals surface area contributed by atoms with Gasteiger partial charge in [0, 0.05) is 19.2 Å². The fraction of sp³-hybridized carbons (Fsp3) is 0.562. The van der Waals surface area contributed by atoms with Crippen molar-refractivity contribution < 1.29 is 33.5 Å². The highest BCUT2D eigenvalue weighted by atomic mass is 127. The molecule has 1 aliphatic rings. The van der Waals surface area contributed by atoms with Gasteiger partial charge in [-0.25, -0.2) is 4.79 Å². The third kappa shape index (κ3) is 4.85. The van der Waals surface area contributed by atoms with Crippen LogP contribution in [0.4, 0.5) is 10.5 Å². The normalized spacial score (nSPS) is 15.3. The van der Waals surface area contributed by atoms with Crippen LogP contribution in [0.1, 0.15) is 24.8 Å². The number of carbonyl (C=O) groups excluding carboxylic acids is 1. The van der Waals surface area contributed by atoms with Crippen molar-refractivity contribution in [1.29, 1.82) is 0 Å². The molecule has 0 saturated carbocycles. The average molecular weight is 404 g/mol. The van der Waals surface area contributed by atoms with Crippen LogP contribution in [0.15, 0.2) is 18.2 Å². The second-order valence-corrected chi connectivity index (χ2v) is 6.38. The first kappa shape index (κ1) is 18.2. The monoisotopic (exact) mass is 404 g/mol. The highest BCUT2D eigenvalue weighted by Crippen LogP contribution is 2.27. The average Bonchev–Trinajstić information content (AvgIpc) is 2.41. The first-order chi connectivity index (χ1) is 9.38. The number of amides is 1. The van der Waals surface area contributed by atoms with Crippen molar-refractivity contribution in [2.24, 2.45) is 0 Å². The van der Waals surface area contributed by atoms with E-state index in [1.54, 1.807) is 0 Å². The maximum absolute atomic E-state index is 12.2. The molecule has 1 aromatic rings. The Morgan fingerprint density at radius 2 is 1.76 bits per heavy atom. The zero-order valence-corrected chi connectivity index (χ0v) is 15.5. The van der Waals surface area contributed by atoms with E-state index in [-0.39, 0.29) is 30.1 Å². The predicted molar refractivity (Wildman–Crippen MR) is 82.2 cm³/mol. The van der Waals surface area contributed by atoms with Crippen LogP contribution in [0.5, 0.6) is 5.75 Å². The van der Waals surface area contributed by atoms with Gasteiger partial charge in [-0.05, 0) is 43.9 Å². The molecule has 2 rings (SSSR count). The number of likely N-dealkylation sites (tertiary alicyclic amines) is 1. The molecule has 118 valence electrons. The van der Waals surface area contributed by atoms with Gasteiger partial charge in [-0.3, -0.25) is 4.48 Å². The Bertz CT molecular complexity index is 492. The van der Waals surface area contributed by atoms with Crippen molar-refractivity contribution in [3.63, 3.8) is 0 Å². The zero-order chi connectivity index (χ0) is 14.8. The quantitative estimate of drug-likeness (QED) is 0.520. The lowest BCUT2D eigenvalue weighted by Gasteiger charge is -2.27. The van der Waals surface area contributed by atoms with Gasteiger partial charge >= 0.3 is 6.09 Å². The molecule has 0 spiro atoms. The van der Waals surface area contributed by atoms with E-state index in [0.29, 0.717) is 10.2 Å². The molecule has 0 aliphatic carbocycles. The van der Waals surface area contributed by atoms with Crippen LogP contribution >= 0.6 is 0 Å². The second kappa shape index (κ2) is 7.45. The van der Waals surface area contributed by atoms with Crippen molar-refractivity contribution in [3.8, 4) is 5.75 Å². The van der Waals surface area contributed by atoms with Crippen LogP contribution in [0, 0.1) is 6.92 Å². The fourth-order valence-corrected chi connectivity index (χ4v) is 2.35. The van der Waals surface area contributed by atoms with Gasteiger partial charge in [-0.1, -0.05) is 0 Å². The van der Waals surface area contributed by atoms with E-state index in [1.165, 1.54) is 6.42 Å². The largest absolute Gasteiger partial charge is 1.00 e. The summed E-state index contributed by atoms with van der Waals surface area (Å²) in [6.07, 6.45) is 3.14.